The van der Waals surface area contributed by atoms with Crippen LogP contribution in [0.15, 0.2) is 16.7 Å². The van der Waals surface area contributed by atoms with E-state index in [2.05, 4.69) is 66.6 Å². The van der Waals surface area contributed by atoms with E-state index in [9.17, 15) is 0 Å². The van der Waals surface area contributed by atoms with Gasteiger partial charge in [-0.1, -0.05) is 20.8 Å². The highest BCUT2D eigenvalue weighted by atomic mass is 79.9. The van der Waals surface area contributed by atoms with Crippen molar-refractivity contribution >= 4 is 21.7 Å². The molecule has 0 aliphatic rings. The van der Waals surface area contributed by atoms with Gasteiger partial charge in [0.05, 0.1) is 0 Å². The molecule has 1 rings (SSSR count). The van der Waals surface area contributed by atoms with Crippen molar-refractivity contribution < 1.29 is 0 Å². The van der Waals surface area contributed by atoms with E-state index in [0.717, 1.165) is 16.8 Å². The molecule has 1 heterocycles. The van der Waals surface area contributed by atoms with Crippen LogP contribution in [0, 0.1) is 12.3 Å². The minimum absolute atomic E-state index is 0.288. The van der Waals surface area contributed by atoms with Crippen molar-refractivity contribution in [1.82, 2.24) is 4.98 Å². The summed E-state index contributed by atoms with van der Waals surface area (Å²) in [6, 6.07) is 2.10. The molecule has 3 heteroatoms. The van der Waals surface area contributed by atoms with Gasteiger partial charge in [0.1, 0.15) is 5.82 Å². The van der Waals surface area contributed by atoms with Crippen molar-refractivity contribution in [3.8, 4) is 0 Å². The van der Waals surface area contributed by atoms with E-state index >= 15 is 0 Å². The van der Waals surface area contributed by atoms with E-state index in [1.165, 1.54) is 5.56 Å². The number of halogens is 1. The molecule has 0 spiro atoms. The van der Waals surface area contributed by atoms with Crippen molar-refractivity contribution in [1.29, 1.82) is 0 Å². The average Bonchev–Trinajstić information content (AvgIpc) is 1.99. The molecule has 0 aliphatic heterocycles. The highest BCUT2D eigenvalue weighted by molar-refractivity contribution is 9.10. The monoisotopic (exact) mass is 270 g/mol. The van der Waals surface area contributed by atoms with Gasteiger partial charge in [-0.25, -0.2) is 4.98 Å². The molecule has 0 aliphatic carbocycles. The third kappa shape index (κ3) is 3.82. The Morgan fingerprint density at radius 1 is 1.40 bits per heavy atom. The van der Waals surface area contributed by atoms with Gasteiger partial charge >= 0.3 is 0 Å². The lowest BCUT2D eigenvalue weighted by Crippen LogP contribution is -2.30. The van der Waals surface area contributed by atoms with Crippen LogP contribution in [0.1, 0.15) is 26.3 Å². The number of nitrogens with zero attached hydrogens (tertiary/aromatic N) is 2. The zero-order valence-corrected chi connectivity index (χ0v) is 11.7. The maximum atomic E-state index is 4.44. The number of anilines is 1. The number of aromatic nitrogens is 1. The van der Waals surface area contributed by atoms with Crippen LogP contribution < -0.4 is 4.90 Å². The van der Waals surface area contributed by atoms with Crippen LogP contribution in [0.4, 0.5) is 5.82 Å². The van der Waals surface area contributed by atoms with Crippen LogP contribution in [-0.2, 0) is 0 Å². The quantitative estimate of drug-likeness (QED) is 0.816. The van der Waals surface area contributed by atoms with Crippen LogP contribution >= 0.6 is 15.9 Å². The highest BCUT2D eigenvalue weighted by Crippen LogP contribution is 2.23. The van der Waals surface area contributed by atoms with Gasteiger partial charge < -0.3 is 4.90 Å². The lowest BCUT2D eigenvalue weighted by atomic mass is 9.96. The maximum Gasteiger partial charge on any atom is 0.131 e. The van der Waals surface area contributed by atoms with E-state index < -0.39 is 0 Å². The van der Waals surface area contributed by atoms with Crippen LogP contribution in [-0.4, -0.2) is 18.6 Å². The number of pyridine rings is 1. The van der Waals surface area contributed by atoms with E-state index in [1.807, 2.05) is 6.20 Å². The van der Waals surface area contributed by atoms with E-state index in [1.54, 1.807) is 0 Å². The lowest BCUT2D eigenvalue weighted by molar-refractivity contribution is 0.417. The fraction of sp³-hybridized carbons (Fsp3) is 0.583. The van der Waals surface area contributed by atoms with Gasteiger partial charge in [0.25, 0.3) is 0 Å². The third-order valence-electron chi connectivity index (χ3n) is 2.09. The first-order valence-corrected chi connectivity index (χ1v) is 5.92. The van der Waals surface area contributed by atoms with Gasteiger partial charge in [0.15, 0.2) is 0 Å². The van der Waals surface area contributed by atoms with Gasteiger partial charge in [-0.05, 0) is 39.9 Å². The summed E-state index contributed by atoms with van der Waals surface area (Å²) in [6.07, 6.45) is 1.85. The number of aryl methyl sites for hydroxylation is 1. The summed E-state index contributed by atoms with van der Waals surface area (Å²) in [5.74, 6) is 1.06. The number of hydrogen-bond acceptors (Lipinski definition) is 2. The van der Waals surface area contributed by atoms with Crippen molar-refractivity contribution in [3.05, 3.63) is 22.3 Å². The second-order valence-electron chi connectivity index (χ2n) is 5.21. The Morgan fingerprint density at radius 2 is 2.00 bits per heavy atom. The second-order valence-corrected chi connectivity index (χ2v) is 6.13. The summed E-state index contributed by atoms with van der Waals surface area (Å²) in [4.78, 5) is 6.65. The van der Waals surface area contributed by atoms with Gasteiger partial charge in [-0.2, -0.15) is 0 Å². The van der Waals surface area contributed by atoms with Gasteiger partial charge in [0.2, 0.25) is 0 Å². The molecule has 0 atom stereocenters. The SMILES string of the molecule is Cc1cc(Br)cnc1N(C)CC(C)(C)C. The van der Waals surface area contributed by atoms with Crippen molar-refractivity contribution in [3.63, 3.8) is 0 Å². The van der Waals surface area contributed by atoms with Crippen LogP contribution in [0.5, 0.6) is 0 Å². The summed E-state index contributed by atoms with van der Waals surface area (Å²) < 4.78 is 1.04. The van der Waals surface area contributed by atoms with Gasteiger partial charge in [-0.15, -0.1) is 0 Å². The molecule has 0 bridgehead atoms. The molecule has 0 radical (unpaired) electrons. The second kappa shape index (κ2) is 4.52. The predicted octanol–water partition coefficient (Wildman–Crippen LogP) is 3.63. The molecule has 0 aromatic carbocycles. The van der Waals surface area contributed by atoms with Gasteiger partial charge in [0, 0.05) is 24.3 Å². The molecule has 0 saturated carbocycles. The van der Waals surface area contributed by atoms with Crippen LogP contribution in [0.3, 0.4) is 0 Å². The molecule has 1 aromatic heterocycles. The molecule has 84 valence electrons. The van der Waals surface area contributed by atoms with E-state index in [0.29, 0.717) is 0 Å². The van der Waals surface area contributed by atoms with Crippen molar-refractivity contribution in [2.75, 3.05) is 18.5 Å². The molecule has 15 heavy (non-hydrogen) atoms. The van der Waals surface area contributed by atoms with Crippen molar-refractivity contribution in [2.24, 2.45) is 5.41 Å². The minimum Gasteiger partial charge on any atom is -0.359 e. The first-order valence-electron chi connectivity index (χ1n) is 5.13. The molecule has 0 saturated heterocycles. The molecule has 1 aromatic rings. The average molecular weight is 271 g/mol. The van der Waals surface area contributed by atoms with Crippen LogP contribution in [0.2, 0.25) is 0 Å². The Hall–Kier alpha value is -0.570. The summed E-state index contributed by atoms with van der Waals surface area (Å²) >= 11 is 3.43. The first-order chi connectivity index (χ1) is 6.79. The Bertz CT molecular complexity index is 342. The van der Waals surface area contributed by atoms with Crippen molar-refractivity contribution in [2.45, 2.75) is 27.7 Å². The third-order valence-corrected chi connectivity index (χ3v) is 2.52. The largest absolute Gasteiger partial charge is 0.359 e. The lowest BCUT2D eigenvalue weighted by Gasteiger charge is -2.28. The zero-order valence-electron chi connectivity index (χ0n) is 10.1. The molecular formula is C12H19BrN2. The van der Waals surface area contributed by atoms with E-state index in [-0.39, 0.29) is 5.41 Å². The Morgan fingerprint density at radius 3 is 2.47 bits per heavy atom. The molecular weight excluding hydrogens is 252 g/mol. The topological polar surface area (TPSA) is 16.1 Å². The molecule has 0 N–H and O–H groups in total. The summed E-state index contributed by atoms with van der Waals surface area (Å²) in [5, 5.41) is 0. The highest BCUT2D eigenvalue weighted by Gasteiger charge is 2.15. The minimum atomic E-state index is 0.288. The summed E-state index contributed by atoms with van der Waals surface area (Å²) in [6.45, 7) is 9.79. The zero-order chi connectivity index (χ0) is 11.6. The Balaban J connectivity index is 2.87. The van der Waals surface area contributed by atoms with Crippen LogP contribution in [0.25, 0.3) is 0 Å². The Labute approximate surface area is 101 Å². The van der Waals surface area contributed by atoms with E-state index in [4.69, 9.17) is 0 Å². The fourth-order valence-electron chi connectivity index (χ4n) is 1.72. The summed E-state index contributed by atoms with van der Waals surface area (Å²) in [5.41, 5.74) is 1.49. The number of hydrogen-bond donors (Lipinski definition) is 0. The molecule has 0 fully saturated rings. The number of rotatable bonds is 2. The Kier molecular flexibility index (Phi) is 3.77. The molecule has 0 amide bonds. The maximum absolute atomic E-state index is 4.44. The smallest absolute Gasteiger partial charge is 0.131 e. The fourth-order valence-corrected chi connectivity index (χ4v) is 2.17. The first kappa shape index (κ1) is 12.5. The molecule has 0 unspecified atom stereocenters. The predicted molar refractivity (Wildman–Crippen MR) is 69.4 cm³/mol. The normalized spacial score (nSPS) is 11.6. The standard InChI is InChI=1S/C12H19BrN2/c1-9-6-10(13)7-14-11(9)15(5)8-12(2,3)4/h6-7H,8H2,1-5H3. The summed E-state index contributed by atoms with van der Waals surface area (Å²) in [7, 11) is 2.09. The molecule has 2 nitrogen and oxygen atoms in total. The van der Waals surface area contributed by atoms with Gasteiger partial charge in [-0.3, -0.25) is 0 Å².